The lowest BCUT2D eigenvalue weighted by molar-refractivity contribution is -0.138. The smallest absolute Gasteiger partial charge is 0.304 e. The molecule has 0 spiro atoms. The zero-order valence-electron chi connectivity index (χ0n) is 15.1. The monoisotopic (exact) mass is 341 g/mol. The molecule has 0 aliphatic carbocycles. The minimum absolute atomic E-state index is 0.194. The summed E-state index contributed by atoms with van der Waals surface area (Å²) in [4.78, 5) is 13.4. The first-order valence-electron chi connectivity index (χ1n) is 8.95. The number of likely N-dealkylation sites (tertiary alicyclic amines) is 1. The maximum Gasteiger partial charge on any atom is 0.304 e. The Morgan fingerprint density at radius 2 is 1.84 bits per heavy atom. The van der Waals surface area contributed by atoms with Crippen molar-refractivity contribution in [2.24, 2.45) is 14.1 Å². The first-order valence-corrected chi connectivity index (χ1v) is 8.95. The van der Waals surface area contributed by atoms with Crippen molar-refractivity contribution in [2.45, 2.75) is 31.7 Å². The van der Waals surface area contributed by atoms with Gasteiger partial charge < -0.3 is 14.2 Å². The van der Waals surface area contributed by atoms with Crippen LogP contribution in [0.15, 0.2) is 42.7 Å². The van der Waals surface area contributed by atoms with Crippen molar-refractivity contribution in [1.29, 1.82) is 0 Å². The van der Waals surface area contributed by atoms with E-state index in [0.29, 0.717) is 0 Å². The molecule has 0 bridgehead atoms. The van der Waals surface area contributed by atoms with Crippen LogP contribution in [0.2, 0.25) is 0 Å². The van der Waals surface area contributed by atoms with Gasteiger partial charge in [0.15, 0.2) is 0 Å². The largest absolute Gasteiger partial charge is 0.481 e. The van der Waals surface area contributed by atoms with Gasteiger partial charge in [-0.15, -0.1) is 0 Å². The fourth-order valence-corrected chi connectivity index (χ4v) is 3.82. The van der Waals surface area contributed by atoms with Crippen LogP contribution in [0.5, 0.6) is 0 Å². The molecule has 0 amide bonds. The Labute approximate surface area is 149 Å². The van der Waals surface area contributed by atoms with Crippen molar-refractivity contribution in [3.05, 3.63) is 54.1 Å². The summed E-state index contributed by atoms with van der Waals surface area (Å²) in [5.41, 5.74) is 3.63. The predicted molar refractivity (Wildman–Crippen MR) is 99.4 cm³/mol. The van der Waals surface area contributed by atoms with Gasteiger partial charge in [0.25, 0.3) is 0 Å². The average Bonchev–Trinajstić information content (AvgIpc) is 3.27. The van der Waals surface area contributed by atoms with E-state index in [4.69, 9.17) is 5.11 Å². The number of aryl methyl sites for hydroxylation is 2. The van der Waals surface area contributed by atoms with E-state index in [2.05, 4.69) is 70.9 Å². The molecule has 2 aromatic heterocycles. The fraction of sp³-hybridized carbons (Fsp3) is 0.450. The number of carboxylic acids is 1. The van der Waals surface area contributed by atoms with Crippen LogP contribution in [0.4, 0.5) is 0 Å². The third-order valence-electron chi connectivity index (χ3n) is 5.11. The Kier molecular flexibility index (Phi) is 5.43. The number of aliphatic carboxylic acids is 1. The summed E-state index contributed by atoms with van der Waals surface area (Å²) in [5, 5.41) is 9.07. The third-order valence-corrected chi connectivity index (χ3v) is 5.11. The average molecular weight is 341 g/mol. The van der Waals surface area contributed by atoms with Crippen molar-refractivity contribution in [3.63, 3.8) is 0 Å². The zero-order chi connectivity index (χ0) is 17.8. The summed E-state index contributed by atoms with van der Waals surface area (Å²) in [6.07, 6.45) is 9.70. The van der Waals surface area contributed by atoms with Gasteiger partial charge in [-0.2, -0.15) is 0 Å². The van der Waals surface area contributed by atoms with E-state index in [-0.39, 0.29) is 12.5 Å². The van der Waals surface area contributed by atoms with Crippen LogP contribution in [0.25, 0.3) is 5.57 Å². The van der Waals surface area contributed by atoms with Gasteiger partial charge in [0.05, 0.1) is 6.42 Å². The van der Waals surface area contributed by atoms with E-state index >= 15 is 0 Å². The van der Waals surface area contributed by atoms with Gasteiger partial charge in [-0.3, -0.25) is 9.69 Å². The van der Waals surface area contributed by atoms with Gasteiger partial charge in [-0.25, -0.2) is 0 Å². The number of carboxylic acid groups (broad SMARTS) is 1. The second-order valence-corrected chi connectivity index (χ2v) is 6.85. The van der Waals surface area contributed by atoms with Gasteiger partial charge >= 0.3 is 5.97 Å². The van der Waals surface area contributed by atoms with Crippen molar-refractivity contribution in [3.8, 4) is 0 Å². The summed E-state index contributed by atoms with van der Waals surface area (Å²) in [6.45, 7) is 1.92. The molecule has 5 heteroatoms. The van der Waals surface area contributed by atoms with Crippen molar-refractivity contribution < 1.29 is 9.90 Å². The Balaban J connectivity index is 1.75. The van der Waals surface area contributed by atoms with Gasteiger partial charge in [0, 0.05) is 56.0 Å². The maximum atomic E-state index is 11.0. The molecule has 0 aromatic carbocycles. The number of nitrogens with zero attached hydrogens (tertiary/aromatic N) is 3. The molecule has 3 heterocycles. The molecule has 1 aliphatic heterocycles. The van der Waals surface area contributed by atoms with Crippen LogP contribution >= 0.6 is 0 Å². The molecule has 25 heavy (non-hydrogen) atoms. The predicted octanol–water partition coefficient (Wildman–Crippen LogP) is 3.12. The van der Waals surface area contributed by atoms with Crippen LogP contribution < -0.4 is 0 Å². The Morgan fingerprint density at radius 1 is 1.20 bits per heavy atom. The lowest BCUT2D eigenvalue weighted by atomic mass is 10.1. The van der Waals surface area contributed by atoms with Crippen molar-refractivity contribution >= 4 is 11.5 Å². The number of hydrogen-bond donors (Lipinski definition) is 1. The standard InChI is InChI=1S/C20H27N3O2/c1-21-11-5-9-18(21)17(19-10-6-12-22(19)2)8-4-14-23-13-3-7-16(23)15-20(24)25/h5-6,8-12,16H,3-4,7,13-15H2,1-2H3,(H,24,25)/t16-/m0/s1. The zero-order valence-corrected chi connectivity index (χ0v) is 15.1. The van der Waals surface area contributed by atoms with Crippen LogP contribution in [0, 0.1) is 0 Å². The van der Waals surface area contributed by atoms with Crippen LogP contribution in [-0.4, -0.2) is 44.2 Å². The Bertz CT molecular complexity index is 714. The molecule has 134 valence electrons. The molecule has 0 unspecified atom stereocenters. The van der Waals surface area contributed by atoms with E-state index < -0.39 is 5.97 Å². The number of aromatic nitrogens is 2. The molecule has 1 aliphatic rings. The second kappa shape index (κ2) is 7.74. The highest BCUT2D eigenvalue weighted by molar-refractivity contribution is 5.76. The first kappa shape index (κ1) is 17.5. The molecule has 2 aromatic rings. The van der Waals surface area contributed by atoms with E-state index in [1.807, 2.05) is 0 Å². The molecule has 1 fully saturated rings. The highest BCUT2D eigenvalue weighted by Crippen LogP contribution is 2.25. The van der Waals surface area contributed by atoms with Crippen LogP contribution in [-0.2, 0) is 18.9 Å². The quantitative estimate of drug-likeness (QED) is 0.842. The highest BCUT2D eigenvalue weighted by atomic mass is 16.4. The van der Waals surface area contributed by atoms with Gasteiger partial charge in [-0.1, -0.05) is 6.08 Å². The van der Waals surface area contributed by atoms with E-state index in [1.165, 1.54) is 17.0 Å². The lowest BCUT2D eigenvalue weighted by Crippen LogP contribution is -2.32. The molecular formula is C20H27N3O2. The van der Waals surface area contributed by atoms with E-state index in [1.54, 1.807) is 0 Å². The topological polar surface area (TPSA) is 50.4 Å². The van der Waals surface area contributed by atoms with Crippen molar-refractivity contribution in [2.75, 3.05) is 13.1 Å². The molecule has 3 rings (SSSR count). The third kappa shape index (κ3) is 4.04. The second-order valence-electron chi connectivity index (χ2n) is 6.85. The Hall–Kier alpha value is -2.27. The number of hydrogen-bond acceptors (Lipinski definition) is 2. The van der Waals surface area contributed by atoms with Gasteiger partial charge in [0.1, 0.15) is 0 Å². The summed E-state index contributed by atoms with van der Waals surface area (Å²) in [7, 11) is 4.13. The number of carbonyl (C=O) groups is 1. The molecule has 5 nitrogen and oxygen atoms in total. The summed E-state index contributed by atoms with van der Waals surface area (Å²) < 4.78 is 4.28. The summed E-state index contributed by atoms with van der Waals surface area (Å²) >= 11 is 0. The highest BCUT2D eigenvalue weighted by Gasteiger charge is 2.25. The molecule has 1 saturated heterocycles. The summed E-state index contributed by atoms with van der Waals surface area (Å²) in [5.74, 6) is -0.694. The van der Waals surface area contributed by atoms with E-state index in [0.717, 1.165) is 32.4 Å². The van der Waals surface area contributed by atoms with Gasteiger partial charge in [-0.05, 0) is 50.1 Å². The SMILES string of the molecule is Cn1cccc1C(=CCCN1CCC[C@H]1CC(=O)O)c1cccn1C. The van der Waals surface area contributed by atoms with Crippen LogP contribution in [0.3, 0.4) is 0 Å². The number of rotatable bonds is 7. The van der Waals surface area contributed by atoms with E-state index in [9.17, 15) is 4.79 Å². The Morgan fingerprint density at radius 3 is 2.36 bits per heavy atom. The lowest BCUT2D eigenvalue weighted by Gasteiger charge is -2.22. The molecule has 0 saturated carbocycles. The fourth-order valence-electron chi connectivity index (χ4n) is 3.82. The molecule has 0 radical (unpaired) electrons. The molecule has 1 atom stereocenters. The van der Waals surface area contributed by atoms with Gasteiger partial charge in [0.2, 0.25) is 0 Å². The van der Waals surface area contributed by atoms with Crippen molar-refractivity contribution in [1.82, 2.24) is 14.0 Å². The normalized spacial score (nSPS) is 17.8. The van der Waals surface area contributed by atoms with Crippen LogP contribution in [0.1, 0.15) is 37.1 Å². The molecular weight excluding hydrogens is 314 g/mol. The first-order chi connectivity index (χ1) is 12.1. The minimum atomic E-state index is -0.694. The molecule has 1 N–H and O–H groups in total. The maximum absolute atomic E-state index is 11.0. The minimum Gasteiger partial charge on any atom is -0.481 e. The summed E-state index contributed by atoms with van der Waals surface area (Å²) in [6, 6.07) is 8.61.